The molecule has 2 N–H and O–H groups in total. The molecular weight excluding hydrogens is 416 g/mol. The topological polar surface area (TPSA) is 108 Å². The van der Waals surface area contributed by atoms with E-state index in [4.69, 9.17) is 4.74 Å². The van der Waals surface area contributed by atoms with Crippen LogP contribution in [-0.4, -0.2) is 70.0 Å². The van der Waals surface area contributed by atoms with Gasteiger partial charge in [0, 0.05) is 48.6 Å². The highest BCUT2D eigenvalue weighted by molar-refractivity contribution is 7.09. The van der Waals surface area contributed by atoms with Gasteiger partial charge in [0.1, 0.15) is 16.6 Å². The summed E-state index contributed by atoms with van der Waals surface area (Å²) in [5, 5.41) is 36.3. The maximum Gasteiger partial charge on any atom is 0.162 e. The molecule has 2 aliphatic heterocycles. The second-order valence-corrected chi connectivity index (χ2v) is 8.93. The predicted octanol–water partition coefficient (Wildman–Crippen LogP) is 1.76. The molecular formula is C21H26N6O3S. The second kappa shape index (κ2) is 8.99. The first kappa shape index (κ1) is 20.5. The van der Waals surface area contributed by atoms with Crippen molar-refractivity contribution in [2.75, 3.05) is 49.2 Å². The maximum atomic E-state index is 10.9. The molecule has 0 unspecified atom stereocenters. The molecule has 2 saturated heterocycles. The fourth-order valence-electron chi connectivity index (χ4n) is 4.40. The fraction of sp³-hybridized carbons (Fsp3) is 0.524. The number of hydrogen-bond acceptors (Lipinski definition) is 10. The molecule has 1 aromatic carbocycles. The van der Waals surface area contributed by atoms with Crippen molar-refractivity contribution >= 4 is 33.7 Å². The average molecular weight is 443 g/mol. The number of aliphatic hydroxyl groups excluding tert-OH is 2. The van der Waals surface area contributed by atoms with Crippen LogP contribution in [0.4, 0.5) is 11.5 Å². The monoisotopic (exact) mass is 442 g/mol. The molecule has 0 aliphatic carbocycles. The van der Waals surface area contributed by atoms with Gasteiger partial charge in [-0.2, -0.15) is 0 Å². The number of aromatic nitrogens is 4. The number of ether oxygens (including phenoxy) is 1. The normalized spacial score (nSPS) is 20.9. The third-order valence-corrected chi connectivity index (χ3v) is 7.04. The van der Waals surface area contributed by atoms with Crippen molar-refractivity contribution in [1.82, 2.24) is 20.4 Å². The number of hydrogen-bond donors (Lipinski definition) is 2. The number of nitrogens with zero attached hydrogens (tertiary/aromatic N) is 6. The second-order valence-electron chi connectivity index (χ2n) is 8.04. The summed E-state index contributed by atoms with van der Waals surface area (Å²) < 4.78 is 5.45. The van der Waals surface area contributed by atoms with E-state index in [2.05, 4.69) is 48.4 Å². The van der Waals surface area contributed by atoms with E-state index in [-0.39, 0.29) is 12.5 Å². The lowest BCUT2D eigenvalue weighted by Crippen LogP contribution is -2.38. The lowest BCUT2D eigenvalue weighted by atomic mass is 9.92. The SMILES string of the molecule is OCc1csc([C@H](O)[C@H]2CCCN(c3nnnc4cc(N5CCOCC5)ccc34)C2)n1. The molecule has 10 heteroatoms. The highest BCUT2D eigenvalue weighted by Crippen LogP contribution is 2.35. The molecule has 2 aliphatic rings. The van der Waals surface area contributed by atoms with Crippen LogP contribution in [0.2, 0.25) is 0 Å². The van der Waals surface area contributed by atoms with Gasteiger partial charge in [-0.15, -0.1) is 21.5 Å². The van der Waals surface area contributed by atoms with E-state index in [9.17, 15) is 10.2 Å². The Morgan fingerprint density at radius 3 is 2.84 bits per heavy atom. The van der Waals surface area contributed by atoms with Crippen molar-refractivity contribution in [3.8, 4) is 0 Å². The summed E-state index contributed by atoms with van der Waals surface area (Å²) in [6.07, 6.45) is 1.22. The molecule has 2 atom stereocenters. The summed E-state index contributed by atoms with van der Waals surface area (Å²) in [6, 6.07) is 6.26. The lowest BCUT2D eigenvalue weighted by Gasteiger charge is -2.35. The molecule has 5 rings (SSSR count). The molecule has 2 aromatic heterocycles. The van der Waals surface area contributed by atoms with E-state index in [1.807, 2.05) is 0 Å². The largest absolute Gasteiger partial charge is 0.390 e. The average Bonchev–Trinajstić information content (AvgIpc) is 3.33. The van der Waals surface area contributed by atoms with Gasteiger partial charge in [-0.1, -0.05) is 0 Å². The number of thiazole rings is 1. The third kappa shape index (κ3) is 4.20. The van der Waals surface area contributed by atoms with Gasteiger partial charge in [-0.05, 0) is 36.3 Å². The van der Waals surface area contributed by atoms with Crippen LogP contribution in [0.3, 0.4) is 0 Å². The first-order chi connectivity index (χ1) is 15.2. The van der Waals surface area contributed by atoms with Crippen molar-refractivity contribution in [3.63, 3.8) is 0 Å². The molecule has 4 heterocycles. The zero-order valence-corrected chi connectivity index (χ0v) is 18.0. The van der Waals surface area contributed by atoms with E-state index in [0.29, 0.717) is 17.2 Å². The minimum Gasteiger partial charge on any atom is -0.390 e. The Morgan fingerprint density at radius 2 is 2.03 bits per heavy atom. The van der Waals surface area contributed by atoms with Gasteiger partial charge in [0.2, 0.25) is 0 Å². The van der Waals surface area contributed by atoms with Crippen molar-refractivity contribution in [2.45, 2.75) is 25.6 Å². The Bertz CT molecular complexity index is 1040. The van der Waals surface area contributed by atoms with Gasteiger partial charge < -0.3 is 24.7 Å². The van der Waals surface area contributed by atoms with Crippen LogP contribution in [0.1, 0.15) is 29.6 Å². The van der Waals surface area contributed by atoms with E-state index < -0.39 is 6.10 Å². The Labute approximate surface area is 184 Å². The highest BCUT2D eigenvalue weighted by atomic mass is 32.1. The van der Waals surface area contributed by atoms with Crippen molar-refractivity contribution < 1.29 is 14.9 Å². The Morgan fingerprint density at radius 1 is 1.16 bits per heavy atom. The Kier molecular flexibility index (Phi) is 5.95. The first-order valence-corrected chi connectivity index (χ1v) is 11.5. The molecule has 0 amide bonds. The minimum atomic E-state index is -0.651. The maximum absolute atomic E-state index is 10.9. The van der Waals surface area contributed by atoms with Crippen molar-refractivity contribution in [2.24, 2.45) is 5.92 Å². The zero-order chi connectivity index (χ0) is 21.2. The smallest absolute Gasteiger partial charge is 0.162 e. The van der Waals surface area contributed by atoms with Gasteiger partial charge in [0.05, 0.1) is 25.5 Å². The van der Waals surface area contributed by atoms with Gasteiger partial charge in [-0.25, -0.2) is 4.98 Å². The number of piperidine rings is 1. The number of fused-ring (bicyclic) bond motifs is 1. The number of morpholine rings is 1. The van der Waals surface area contributed by atoms with Crippen LogP contribution in [0.5, 0.6) is 0 Å². The van der Waals surface area contributed by atoms with E-state index in [1.165, 1.54) is 11.3 Å². The number of aliphatic hydroxyl groups is 2. The van der Waals surface area contributed by atoms with Crippen LogP contribution in [0.15, 0.2) is 23.6 Å². The van der Waals surface area contributed by atoms with Crippen molar-refractivity contribution in [3.05, 3.63) is 34.3 Å². The summed E-state index contributed by atoms with van der Waals surface area (Å²) in [6.45, 7) is 4.65. The van der Waals surface area contributed by atoms with Crippen molar-refractivity contribution in [1.29, 1.82) is 0 Å². The number of benzene rings is 1. The number of anilines is 2. The lowest BCUT2D eigenvalue weighted by molar-refractivity contribution is 0.0973. The fourth-order valence-corrected chi connectivity index (χ4v) is 5.29. The molecule has 31 heavy (non-hydrogen) atoms. The summed E-state index contributed by atoms with van der Waals surface area (Å²) in [7, 11) is 0. The molecule has 2 fully saturated rings. The van der Waals surface area contributed by atoms with Gasteiger partial charge in [0.25, 0.3) is 0 Å². The minimum absolute atomic E-state index is 0.0454. The first-order valence-electron chi connectivity index (χ1n) is 10.7. The Balaban J connectivity index is 1.38. The van der Waals surface area contributed by atoms with Crippen LogP contribution >= 0.6 is 11.3 Å². The van der Waals surface area contributed by atoms with E-state index in [1.54, 1.807) is 5.38 Å². The summed E-state index contributed by atoms with van der Waals surface area (Å²) in [5.74, 6) is 0.856. The molecule has 0 saturated carbocycles. The molecule has 3 aromatic rings. The zero-order valence-electron chi connectivity index (χ0n) is 17.2. The molecule has 0 bridgehead atoms. The highest BCUT2D eigenvalue weighted by Gasteiger charge is 2.30. The molecule has 9 nitrogen and oxygen atoms in total. The molecule has 164 valence electrons. The number of rotatable bonds is 5. The van der Waals surface area contributed by atoms with Gasteiger partial charge in [0.15, 0.2) is 5.82 Å². The van der Waals surface area contributed by atoms with Crippen LogP contribution in [0, 0.1) is 5.92 Å². The van der Waals surface area contributed by atoms with Crippen LogP contribution in [-0.2, 0) is 11.3 Å². The standard InChI is InChI=1S/C21H26N6O3S/c28-12-15-13-31-21(22-15)19(29)14-2-1-5-27(11-14)20-17-4-3-16(10-18(17)23-25-24-20)26-6-8-30-9-7-26/h3-4,10,13-14,19,28-29H,1-2,5-9,11-12H2/t14-,19+/m0/s1. The van der Waals surface area contributed by atoms with Crippen LogP contribution < -0.4 is 9.80 Å². The van der Waals surface area contributed by atoms with Crippen LogP contribution in [0.25, 0.3) is 10.9 Å². The quantitative estimate of drug-likeness (QED) is 0.611. The predicted molar refractivity (Wildman–Crippen MR) is 118 cm³/mol. The third-order valence-electron chi connectivity index (χ3n) is 6.08. The Hall–Kier alpha value is -2.40. The summed E-state index contributed by atoms with van der Waals surface area (Å²) in [4.78, 5) is 8.85. The molecule has 0 spiro atoms. The summed E-state index contributed by atoms with van der Waals surface area (Å²) >= 11 is 1.40. The van der Waals surface area contributed by atoms with E-state index >= 15 is 0 Å². The molecule has 0 radical (unpaired) electrons. The van der Waals surface area contributed by atoms with E-state index in [0.717, 1.165) is 68.1 Å². The van der Waals surface area contributed by atoms with Gasteiger partial charge in [-0.3, -0.25) is 0 Å². The van der Waals surface area contributed by atoms with Gasteiger partial charge >= 0.3 is 0 Å². The summed E-state index contributed by atoms with van der Waals surface area (Å²) in [5.41, 5.74) is 2.55.